The van der Waals surface area contributed by atoms with Crippen LogP contribution in [0.5, 0.6) is 0 Å². The van der Waals surface area contributed by atoms with Crippen molar-refractivity contribution in [3.8, 4) is 0 Å². The summed E-state index contributed by atoms with van der Waals surface area (Å²) >= 11 is 0. The summed E-state index contributed by atoms with van der Waals surface area (Å²) in [6.45, 7) is 4.14. The highest BCUT2D eigenvalue weighted by molar-refractivity contribution is 5.84. The monoisotopic (exact) mass is 288 g/mol. The number of benzene rings is 1. The van der Waals surface area contributed by atoms with Crippen molar-refractivity contribution in [1.82, 2.24) is 0 Å². The molecule has 1 aromatic heterocycles. The predicted octanol–water partition coefficient (Wildman–Crippen LogP) is 3.84. The Hall–Kier alpha value is -2.07. The topological polar surface area (TPSA) is 70.7 Å². The zero-order chi connectivity index (χ0) is 15.4. The van der Waals surface area contributed by atoms with Gasteiger partial charge in [0.05, 0.1) is 0 Å². The van der Waals surface area contributed by atoms with Crippen molar-refractivity contribution >= 4 is 5.97 Å². The molecule has 3 atom stereocenters. The second-order valence-corrected chi connectivity index (χ2v) is 5.27. The van der Waals surface area contributed by atoms with E-state index in [2.05, 4.69) is 13.8 Å². The highest BCUT2D eigenvalue weighted by atomic mass is 16.4. The van der Waals surface area contributed by atoms with Crippen molar-refractivity contribution in [3.63, 3.8) is 0 Å². The van der Waals surface area contributed by atoms with Crippen molar-refractivity contribution in [2.24, 2.45) is 5.92 Å². The van der Waals surface area contributed by atoms with Gasteiger partial charge in [-0.25, -0.2) is 4.79 Å². The van der Waals surface area contributed by atoms with Gasteiger partial charge < -0.3 is 14.6 Å². The first-order valence-corrected chi connectivity index (χ1v) is 7.10. The van der Waals surface area contributed by atoms with Gasteiger partial charge in [0.2, 0.25) is 5.76 Å². The van der Waals surface area contributed by atoms with E-state index >= 15 is 0 Å². The SMILES string of the molecule is CCC(C)C(c1ccccc1)C(O)c1ccc(C(=O)O)o1. The van der Waals surface area contributed by atoms with Crippen LogP contribution in [-0.2, 0) is 0 Å². The Morgan fingerprint density at radius 3 is 2.38 bits per heavy atom. The quantitative estimate of drug-likeness (QED) is 0.847. The van der Waals surface area contributed by atoms with Crippen LogP contribution in [0, 0.1) is 5.92 Å². The van der Waals surface area contributed by atoms with Crippen LogP contribution in [0.4, 0.5) is 0 Å². The third-order valence-electron chi connectivity index (χ3n) is 3.91. The van der Waals surface area contributed by atoms with E-state index in [0.29, 0.717) is 5.76 Å². The Balaban J connectivity index is 2.33. The number of carbonyl (C=O) groups is 1. The maximum atomic E-state index is 10.9. The number of aliphatic hydroxyl groups excluding tert-OH is 1. The normalized spacial score (nSPS) is 15.4. The molecule has 0 radical (unpaired) electrons. The Bertz CT molecular complexity index is 588. The lowest BCUT2D eigenvalue weighted by Gasteiger charge is -2.27. The van der Waals surface area contributed by atoms with Crippen molar-refractivity contribution < 1.29 is 19.4 Å². The van der Waals surface area contributed by atoms with E-state index in [0.717, 1.165) is 12.0 Å². The Morgan fingerprint density at radius 2 is 1.86 bits per heavy atom. The van der Waals surface area contributed by atoms with E-state index in [-0.39, 0.29) is 17.6 Å². The van der Waals surface area contributed by atoms with Gasteiger partial charge in [-0.1, -0.05) is 50.6 Å². The number of furan rings is 1. The molecule has 4 heteroatoms. The minimum atomic E-state index is -1.13. The molecule has 0 spiro atoms. The fourth-order valence-corrected chi connectivity index (χ4v) is 2.55. The standard InChI is InChI=1S/C17H20O4/c1-3-11(2)15(12-7-5-4-6-8-12)16(18)13-9-10-14(21-13)17(19)20/h4-11,15-16,18H,3H2,1-2H3,(H,19,20). The van der Waals surface area contributed by atoms with Gasteiger partial charge in [-0.15, -0.1) is 0 Å². The largest absolute Gasteiger partial charge is 0.475 e. The lowest BCUT2D eigenvalue weighted by atomic mass is 9.81. The van der Waals surface area contributed by atoms with Gasteiger partial charge in [0.25, 0.3) is 0 Å². The smallest absolute Gasteiger partial charge is 0.371 e. The number of carboxylic acid groups (broad SMARTS) is 1. The molecule has 1 heterocycles. The van der Waals surface area contributed by atoms with E-state index in [1.165, 1.54) is 12.1 Å². The highest BCUT2D eigenvalue weighted by Gasteiger charge is 2.29. The molecule has 1 aromatic carbocycles. The number of carboxylic acids is 1. The molecule has 112 valence electrons. The van der Waals surface area contributed by atoms with Gasteiger partial charge in [-0.3, -0.25) is 0 Å². The van der Waals surface area contributed by atoms with Crippen molar-refractivity contribution in [2.45, 2.75) is 32.3 Å². The van der Waals surface area contributed by atoms with Crippen LogP contribution in [0.3, 0.4) is 0 Å². The molecule has 21 heavy (non-hydrogen) atoms. The summed E-state index contributed by atoms with van der Waals surface area (Å²) in [5.41, 5.74) is 1.02. The van der Waals surface area contributed by atoms with Crippen LogP contribution in [0.15, 0.2) is 46.9 Å². The summed E-state index contributed by atoms with van der Waals surface area (Å²) in [7, 11) is 0. The number of aromatic carboxylic acids is 1. The van der Waals surface area contributed by atoms with E-state index < -0.39 is 12.1 Å². The Kier molecular flexibility index (Phi) is 4.81. The van der Waals surface area contributed by atoms with Crippen LogP contribution in [0.25, 0.3) is 0 Å². The first-order valence-electron chi connectivity index (χ1n) is 7.10. The number of rotatable bonds is 6. The second kappa shape index (κ2) is 6.59. The molecule has 2 rings (SSSR count). The molecule has 4 nitrogen and oxygen atoms in total. The summed E-state index contributed by atoms with van der Waals surface area (Å²) in [5, 5.41) is 19.6. The molecule has 0 aliphatic rings. The fourth-order valence-electron chi connectivity index (χ4n) is 2.55. The van der Waals surface area contributed by atoms with E-state index in [1.807, 2.05) is 30.3 Å². The Morgan fingerprint density at radius 1 is 1.19 bits per heavy atom. The maximum absolute atomic E-state index is 10.9. The van der Waals surface area contributed by atoms with Crippen LogP contribution < -0.4 is 0 Å². The minimum absolute atomic E-state index is 0.135. The van der Waals surface area contributed by atoms with Gasteiger partial charge in [-0.05, 0) is 23.6 Å². The molecule has 0 aliphatic heterocycles. The summed E-state index contributed by atoms with van der Waals surface area (Å²) in [4.78, 5) is 10.9. The van der Waals surface area contributed by atoms with Gasteiger partial charge in [-0.2, -0.15) is 0 Å². The summed E-state index contributed by atoms with van der Waals surface area (Å²) in [6.07, 6.45) is 0.0405. The van der Waals surface area contributed by atoms with E-state index in [1.54, 1.807) is 0 Å². The molecule has 0 amide bonds. The average molecular weight is 288 g/mol. The fraction of sp³-hybridized carbons (Fsp3) is 0.353. The predicted molar refractivity (Wildman–Crippen MR) is 79.3 cm³/mol. The minimum Gasteiger partial charge on any atom is -0.475 e. The molecule has 0 fully saturated rings. The number of hydrogen-bond donors (Lipinski definition) is 2. The molecule has 2 aromatic rings. The third kappa shape index (κ3) is 3.34. The summed E-state index contributed by atoms with van der Waals surface area (Å²) in [6, 6.07) is 12.7. The zero-order valence-corrected chi connectivity index (χ0v) is 12.2. The second-order valence-electron chi connectivity index (χ2n) is 5.27. The molecule has 0 bridgehead atoms. The van der Waals surface area contributed by atoms with Crippen LogP contribution >= 0.6 is 0 Å². The first-order chi connectivity index (χ1) is 10.0. The van der Waals surface area contributed by atoms with Gasteiger partial charge in [0.15, 0.2) is 0 Å². The Labute approximate surface area is 124 Å². The molecule has 2 N–H and O–H groups in total. The lowest BCUT2D eigenvalue weighted by molar-refractivity contribution is 0.0635. The molecule has 0 saturated carbocycles. The zero-order valence-electron chi connectivity index (χ0n) is 12.2. The van der Waals surface area contributed by atoms with Gasteiger partial charge >= 0.3 is 5.97 Å². The highest BCUT2D eigenvalue weighted by Crippen LogP contribution is 2.38. The van der Waals surface area contributed by atoms with Crippen molar-refractivity contribution in [3.05, 3.63) is 59.5 Å². The van der Waals surface area contributed by atoms with Crippen LogP contribution in [-0.4, -0.2) is 16.2 Å². The van der Waals surface area contributed by atoms with E-state index in [9.17, 15) is 9.90 Å². The van der Waals surface area contributed by atoms with Crippen LogP contribution in [0.1, 0.15) is 54.2 Å². The summed E-state index contributed by atoms with van der Waals surface area (Å²) in [5.74, 6) is -0.889. The molecular weight excluding hydrogens is 268 g/mol. The molecular formula is C17H20O4. The molecule has 0 saturated heterocycles. The first kappa shape index (κ1) is 15.3. The summed E-state index contributed by atoms with van der Waals surface area (Å²) < 4.78 is 5.25. The van der Waals surface area contributed by atoms with Crippen molar-refractivity contribution in [2.75, 3.05) is 0 Å². The van der Waals surface area contributed by atoms with Crippen LogP contribution in [0.2, 0.25) is 0 Å². The van der Waals surface area contributed by atoms with Crippen molar-refractivity contribution in [1.29, 1.82) is 0 Å². The number of hydrogen-bond acceptors (Lipinski definition) is 3. The lowest BCUT2D eigenvalue weighted by Crippen LogP contribution is -2.17. The maximum Gasteiger partial charge on any atom is 0.371 e. The van der Waals surface area contributed by atoms with E-state index in [4.69, 9.17) is 9.52 Å². The van der Waals surface area contributed by atoms with Gasteiger partial charge in [0, 0.05) is 5.92 Å². The van der Waals surface area contributed by atoms with Gasteiger partial charge in [0.1, 0.15) is 11.9 Å². The molecule has 3 unspecified atom stereocenters. The average Bonchev–Trinajstić information content (AvgIpc) is 2.98. The third-order valence-corrected chi connectivity index (χ3v) is 3.91. The number of aliphatic hydroxyl groups is 1. The molecule has 0 aliphatic carbocycles.